The molecule has 0 fully saturated rings. The highest BCUT2D eigenvalue weighted by Gasteiger charge is 2.20. The van der Waals surface area contributed by atoms with E-state index >= 15 is 0 Å². The first-order chi connectivity index (χ1) is 14.0. The van der Waals surface area contributed by atoms with Crippen LogP contribution < -0.4 is 5.32 Å². The zero-order chi connectivity index (χ0) is 20.4. The SMILES string of the molecule is Cn1c(C[C@H](NC(=O)c2cc(F)cc(F)c2)c2ccccc2)nc2ccccc21. The number of aromatic nitrogens is 2. The van der Waals surface area contributed by atoms with Gasteiger partial charge in [0.2, 0.25) is 0 Å². The second-order valence-corrected chi connectivity index (χ2v) is 6.87. The molecule has 146 valence electrons. The van der Waals surface area contributed by atoms with Gasteiger partial charge in [0.1, 0.15) is 17.5 Å². The summed E-state index contributed by atoms with van der Waals surface area (Å²) in [6.45, 7) is 0. The Kier molecular flexibility index (Phi) is 5.08. The van der Waals surface area contributed by atoms with Gasteiger partial charge >= 0.3 is 0 Å². The summed E-state index contributed by atoms with van der Waals surface area (Å²) in [7, 11) is 1.93. The Morgan fingerprint density at radius 2 is 1.66 bits per heavy atom. The molecule has 1 atom stereocenters. The highest BCUT2D eigenvalue weighted by atomic mass is 19.1. The number of carbonyl (C=O) groups excluding carboxylic acids is 1. The number of fused-ring (bicyclic) bond motifs is 1. The molecule has 3 aromatic carbocycles. The van der Waals surface area contributed by atoms with Crippen LogP contribution >= 0.6 is 0 Å². The maximum atomic E-state index is 13.5. The number of carbonyl (C=O) groups is 1. The van der Waals surface area contributed by atoms with E-state index in [4.69, 9.17) is 0 Å². The van der Waals surface area contributed by atoms with Gasteiger partial charge in [-0.1, -0.05) is 42.5 Å². The first-order valence-electron chi connectivity index (χ1n) is 9.23. The largest absolute Gasteiger partial charge is 0.345 e. The second-order valence-electron chi connectivity index (χ2n) is 6.87. The van der Waals surface area contributed by atoms with Crippen LogP contribution in [0.25, 0.3) is 11.0 Å². The van der Waals surface area contributed by atoms with Crippen molar-refractivity contribution in [2.75, 3.05) is 0 Å². The molecule has 0 spiro atoms. The number of nitrogens with zero attached hydrogens (tertiary/aromatic N) is 2. The summed E-state index contributed by atoms with van der Waals surface area (Å²) >= 11 is 0. The minimum Gasteiger partial charge on any atom is -0.345 e. The molecule has 1 N–H and O–H groups in total. The molecule has 4 rings (SSSR count). The monoisotopic (exact) mass is 391 g/mol. The molecular weight excluding hydrogens is 372 g/mol. The molecule has 0 saturated carbocycles. The lowest BCUT2D eigenvalue weighted by Gasteiger charge is -2.19. The van der Waals surface area contributed by atoms with E-state index in [1.807, 2.05) is 66.2 Å². The number of imidazole rings is 1. The number of nitrogens with one attached hydrogen (secondary N) is 1. The van der Waals surface area contributed by atoms with Gasteiger partial charge in [0, 0.05) is 25.1 Å². The molecule has 1 amide bonds. The van der Waals surface area contributed by atoms with Gasteiger partial charge in [-0.3, -0.25) is 4.79 Å². The molecule has 4 nitrogen and oxygen atoms in total. The third-order valence-corrected chi connectivity index (χ3v) is 4.90. The smallest absolute Gasteiger partial charge is 0.251 e. The normalized spacial score (nSPS) is 12.1. The van der Waals surface area contributed by atoms with Gasteiger partial charge in [-0.25, -0.2) is 13.8 Å². The number of benzene rings is 3. The van der Waals surface area contributed by atoms with E-state index < -0.39 is 23.6 Å². The van der Waals surface area contributed by atoms with Crippen LogP contribution in [-0.4, -0.2) is 15.5 Å². The van der Waals surface area contributed by atoms with Crippen molar-refractivity contribution in [2.45, 2.75) is 12.5 Å². The van der Waals surface area contributed by atoms with Crippen molar-refractivity contribution in [3.8, 4) is 0 Å². The molecule has 1 aromatic heterocycles. The molecule has 6 heteroatoms. The minimum atomic E-state index is -0.790. The van der Waals surface area contributed by atoms with Crippen LogP contribution in [0.15, 0.2) is 72.8 Å². The summed E-state index contributed by atoms with van der Waals surface area (Å²) < 4.78 is 29.1. The molecule has 0 radical (unpaired) electrons. The Morgan fingerprint density at radius 1 is 1.00 bits per heavy atom. The third kappa shape index (κ3) is 4.01. The van der Waals surface area contributed by atoms with Crippen LogP contribution in [-0.2, 0) is 13.5 Å². The number of para-hydroxylation sites is 2. The average molecular weight is 391 g/mol. The zero-order valence-electron chi connectivity index (χ0n) is 15.8. The van der Waals surface area contributed by atoms with Crippen LogP contribution in [0.3, 0.4) is 0 Å². The molecule has 29 heavy (non-hydrogen) atoms. The van der Waals surface area contributed by atoms with Crippen molar-refractivity contribution in [1.82, 2.24) is 14.9 Å². The second kappa shape index (κ2) is 7.83. The topological polar surface area (TPSA) is 46.9 Å². The van der Waals surface area contributed by atoms with Gasteiger partial charge < -0.3 is 9.88 Å². The van der Waals surface area contributed by atoms with Gasteiger partial charge in [0.15, 0.2) is 0 Å². The molecule has 0 aliphatic heterocycles. The Hall–Kier alpha value is -3.54. The van der Waals surface area contributed by atoms with Gasteiger partial charge in [-0.05, 0) is 29.8 Å². The van der Waals surface area contributed by atoms with Crippen LogP contribution in [0, 0.1) is 11.6 Å². The van der Waals surface area contributed by atoms with Crippen molar-refractivity contribution in [2.24, 2.45) is 7.05 Å². The lowest BCUT2D eigenvalue weighted by Crippen LogP contribution is -2.30. The highest BCUT2D eigenvalue weighted by Crippen LogP contribution is 2.22. The van der Waals surface area contributed by atoms with E-state index in [1.54, 1.807) is 0 Å². The molecule has 4 aromatic rings. The molecule has 1 heterocycles. The summed E-state index contributed by atoms with van der Waals surface area (Å²) in [5, 5.41) is 2.90. The number of aryl methyl sites for hydroxylation is 1. The van der Waals surface area contributed by atoms with Crippen molar-refractivity contribution in [1.29, 1.82) is 0 Å². The number of hydrogen-bond acceptors (Lipinski definition) is 2. The van der Waals surface area contributed by atoms with E-state index in [2.05, 4.69) is 10.3 Å². The molecule has 0 aliphatic carbocycles. The quantitative estimate of drug-likeness (QED) is 0.542. The molecule has 0 saturated heterocycles. The predicted octanol–water partition coefficient (Wildman–Crippen LogP) is 4.57. The van der Waals surface area contributed by atoms with Crippen molar-refractivity contribution >= 4 is 16.9 Å². The van der Waals surface area contributed by atoms with Crippen LogP contribution in [0.5, 0.6) is 0 Å². The van der Waals surface area contributed by atoms with Gasteiger partial charge in [-0.2, -0.15) is 0 Å². The fourth-order valence-electron chi connectivity index (χ4n) is 3.42. The number of rotatable bonds is 5. The van der Waals surface area contributed by atoms with Crippen molar-refractivity contribution in [3.63, 3.8) is 0 Å². The van der Waals surface area contributed by atoms with Crippen LogP contribution in [0.1, 0.15) is 27.8 Å². The summed E-state index contributed by atoms with van der Waals surface area (Å²) in [5.74, 6) is -1.33. The first-order valence-corrected chi connectivity index (χ1v) is 9.23. The zero-order valence-corrected chi connectivity index (χ0v) is 15.8. The summed E-state index contributed by atoms with van der Waals surface area (Å²) in [5.41, 5.74) is 2.68. The van der Waals surface area contributed by atoms with E-state index in [-0.39, 0.29) is 5.56 Å². The predicted molar refractivity (Wildman–Crippen MR) is 107 cm³/mol. The van der Waals surface area contributed by atoms with E-state index in [9.17, 15) is 13.6 Å². The molecule has 0 unspecified atom stereocenters. The van der Waals surface area contributed by atoms with Crippen molar-refractivity contribution in [3.05, 3.63) is 101 Å². The maximum Gasteiger partial charge on any atom is 0.251 e. The minimum absolute atomic E-state index is 0.0616. The van der Waals surface area contributed by atoms with E-state index in [0.717, 1.165) is 40.6 Å². The summed E-state index contributed by atoms with van der Waals surface area (Å²) in [6, 6.07) is 19.6. The average Bonchev–Trinajstić information content (AvgIpc) is 3.03. The Bertz CT molecular complexity index is 1150. The molecular formula is C23H19F2N3O. The molecule has 0 bridgehead atoms. The van der Waals surface area contributed by atoms with Gasteiger partial charge in [-0.15, -0.1) is 0 Å². The standard InChI is InChI=1S/C23H19F2N3O/c1-28-21-10-6-5-9-19(21)26-22(28)14-20(15-7-3-2-4-8-15)27-23(29)16-11-17(24)13-18(25)12-16/h2-13,20H,14H2,1H3,(H,27,29)/t20-/m0/s1. The first kappa shape index (κ1) is 18.8. The number of halogens is 2. The van der Waals surface area contributed by atoms with Gasteiger partial charge in [0.25, 0.3) is 5.91 Å². The van der Waals surface area contributed by atoms with Crippen molar-refractivity contribution < 1.29 is 13.6 Å². The number of hydrogen-bond donors (Lipinski definition) is 1. The lowest BCUT2D eigenvalue weighted by molar-refractivity contribution is 0.0935. The van der Waals surface area contributed by atoms with Crippen LogP contribution in [0.2, 0.25) is 0 Å². The lowest BCUT2D eigenvalue weighted by atomic mass is 10.0. The van der Waals surface area contributed by atoms with Gasteiger partial charge in [0.05, 0.1) is 17.1 Å². The fraction of sp³-hybridized carbons (Fsp3) is 0.130. The number of amides is 1. The maximum absolute atomic E-state index is 13.5. The van der Waals surface area contributed by atoms with E-state index in [1.165, 1.54) is 0 Å². The fourth-order valence-corrected chi connectivity index (χ4v) is 3.42. The molecule has 0 aliphatic rings. The summed E-state index contributed by atoms with van der Waals surface area (Å²) in [4.78, 5) is 17.4. The summed E-state index contributed by atoms with van der Waals surface area (Å²) in [6.07, 6.45) is 0.429. The van der Waals surface area contributed by atoms with E-state index in [0.29, 0.717) is 6.42 Å². The Morgan fingerprint density at radius 3 is 2.34 bits per heavy atom. The Balaban J connectivity index is 1.66. The Labute approximate surface area is 166 Å². The van der Waals surface area contributed by atoms with Crippen LogP contribution in [0.4, 0.5) is 8.78 Å². The third-order valence-electron chi connectivity index (χ3n) is 4.90. The highest BCUT2D eigenvalue weighted by molar-refractivity contribution is 5.94.